The highest BCUT2D eigenvalue weighted by molar-refractivity contribution is 7.89. The molecule has 2 aliphatic heterocycles. The lowest BCUT2D eigenvalue weighted by molar-refractivity contribution is -0.114. The average Bonchev–Trinajstić information content (AvgIpc) is 2.85. The number of nitrogens with zero attached hydrogens (tertiary/aromatic N) is 2. The molecule has 0 bridgehead atoms. The van der Waals surface area contributed by atoms with Gasteiger partial charge < -0.3 is 25.0 Å². The minimum Gasteiger partial charge on any atom is -0.379 e. The summed E-state index contributed by atoms with van der Waals surface area (Å²) in [4.78, 5) is 14.9. The van der Waals surface area contributed by atoms with Crippen LogP contribution in [0, 0.1) is 6.92 Å². The number of carbonyl (C=O) groups excluding carboxylic acids is 1. The highest BCUT2D eigenvalue weighted by Crippen LogP contribution is 2.24. The van der Waals surface area contributed by atoms with E-state index < -0.39 is 10.0 Å². The Labute approximate surface area is 194 Å². The maximum Gasteiger partial charge on any atom is 0.243 e. The second kappa shape index (κ2) is 10.5. The number of hydrogen-bond donors (Lipinski definition) is 2. The lowest BCUT2D eigenvalue weighted by Gasteiger charge is -2.28. The Morgan fingerprint density at radius 2 is 1.52 bits per heavy atom. The molecule has 0 unspecified atom stereocenters. The van der Waals surface area contributed by atoms with Crippen molar-refractivity contribution in [3.05, 3.63) is 48.0 Å². The van der Waals surface area contributed by atoms with Crippen LogP contribution in [0.1, 0.15) is 5.56 Å². The minimum absolute atomic E-state index is 0.0192. The highest BCUT2D eigenvalue weighted by atomic mass is 32.2. The van der Waals surface area contributed by atoms with Crippen LogP contribution in [0.25, 0.3) is 0 Å². The van der Waals surface area contributed by atoms with Crippen LogP contribution in [0.5, 0.6) is 0 Å². The van der Waals surface area contributed by atoms with E-state index in [2.05, 4.69) is 15.5 Å². The Bertz CT molecular complexity index is 1060. The molecule has 0 radical (unpaired) electrons. The zero-order valence-electron chi connectivity index (χ0n) is 18.7. The molecule has 33 heavy (non-hydrogen) atoms. The fourth-order valence-electron chi connectivity index (χ4n) is 3.88. The second-order valence-electron chi connectivity index (χ2n) is 8.04. The van der Waals surface area contributed by atoms with Crippen molar-refractivity contribution in [2.45, 2.75) is 11.8 Å². The largest absolute Gasteiger partial charge is 0.379 e. The molecule has 1 amide bonds. The average molecular weight is 475 g/mol. The first-order valence-electron chi connectivity index (χ1n) is 11.1. The van der Waals surface area contributed by atoms with E-state index in [-0.39, 0.29) is 17.3 Å². The molecule has 2 aromatic rings. The van der Waals surface area contributed by atoms with Crippen LogP contribution < -0.4 is 15.5 Å². The number of morpholine rings is 2. The fraction of sp³-hybridized carbons (Fsp3) is 0.435. The Morgan fingerprint density at radius 3 is 2.18 bits per heavy atom. The second-order valence-corrected chi connectivity index (χ2v) is 9.95. The van der Waals surface area contributed by atoms with Gasteiger partial charge in [0, 0.05) is 43.2 Å². The Hall–Kier alpha value is -2.66. The summed E-state index contributed by atoms with van der Waals surface area (Å²) in [5.41, 5.74) is 3.04. The predicted octanol–water partition coefficient (Wildman–Crippen LogP) is 1.90. The number of anilines is 3. The van der Waals surface area contributed by atoms with Crippen LogP contribution in [-0.4, -0.2) is 77.8 Å². The number of aryl methyl sites for hydroxylation is 1. The molecule has 10 heteroatoms. The molecule has 0 spiro atoms. The minimum atomic E-state index is -3.61. The number of carbonyl (C=O) groups is 1. The van der Waals surface area contributed by atoms with Gasteiger partial charge in [-0.25, -0.2) is 8.42 Å². The van der Waals surface area contributed by atoms with Crippen molar-refractivity contribution in [2.75, 3.05) is 74.7 Å². The van der Waals surface area contributed by atoms with E-state index in [0.717, 1.165) is 32.0 Å². The molecule has 2 heterocycles. The Balaban J connectivity index is 1.35. The number of nitrogens with one attached hydrogen (secondary N) is 2. The van der Waals surface area contributed by atoms with E-state index in [9.17, 15) is 13.2 Å². The summed E-state index contributed by atoms with van der Waals surface area (Å²) in [6.45, 7) is 6.41. The van der Waals surface area contributed by atoms with Crippen LogP contribution in [0.3, 0.4) is 0 Å². The molecule has 0 aromatic heterocycles. The number of benzene rings is 2. The Kier molecular flexibility index (Phi) is 7.49. The van der Waals surface area contributed by atoms with Crippen LogP contribution in [0.15, 0.2) is 47.4 Å². The molecule has 4 rings (SSSR count). The number of amides is 1. The number of ether oxygens (including phenoxy) is 2. The zero-order valence-corrected chi connectivity index (χ0v) is 19.6. The molecular formula is C23H30N4O5S. The van der Waals surface area contributed by atoms with Gasteiger partial charge in [-0.2, -0.15) is 4.31 Å². The third-order valence-electron chi connectivity index (χ3n) is 5.76. The van der Waals surface area contributed by atoms with Gasteiger partial charge in [0.25, 0.3) is 0 Å². The van der Waals surface area contributed by atoms with E-state index in [4.69, 9.17) is 9.47 Å². The van der Waals surface area contributed by atoms with E-state index in [1.165, 1.54) is 4.31 Å². The molecule has 0 atom stereocenters. The number of hydrogen-bond acceptors (Lipinski definition) is 7. The fourth-order valence-corrected chi connectivity index (χ4v) is 5.54. The molecule has 2 aliphatic rings. The topological polar surface area (TPSA) is 100 Å². The first kappa shape index (κ1) is 23.5. The third kappa shape index (κ3) is 5.83. The molecule has 2 saturated heterocycles. The van der Waals surface area contributed by atoms with E-state index in [1.807, 2.05) is 24.3 Å². The van der Waals surface area contributed by atoms with E-state index >= 15 is 0 Å². The molecule has 178 valence electrons. The van der Waals surface area contributed by atoms with Gasteiger partial charge in [0.1, 0.15) is 0 Å². The summed E-state index contributed by atoms with van der Waals surface area (Å²) in [7, 11) is -3.61. The molecule has 0 aliphatic carbocycles. The SMILES string of the molecule is Cc1ccc(NCC(=O)Nc2ccc(N3CCOCC3)cc2)cc1S(=O)(=O)N1CCOCC1. The summed E-state index contributed by atoms with van der Waals surface area (Å²) < 4.78 is 38.2. The molecule has 2 aromatic carbocycles. The van der Waals surface area contributed by atoms with Crippen molar-refractivity contribution in [3.63, 3.8) is 0 Å². The van der Waals surface area contributed by atoms with Crippen LogP contribution >= 0.6 is 0 Å². The van der Waals surface area contributed by atoms with Gasteiger partial charge in [0.2, 0.25) is 15.9 Å². The Morgan fingerprint density at radius 1 is 0.909 bits per heavy atom. The quantitative estimate of drug-likeness (QED) is 0.632. The van der Waals surface area contributed by atoms with Crippen molar-refractivity contribution in [3.8, 4) is 0 Å². The van der Waals surface area contributed by atoms with Gasteiger partial charge >= 0.3 is 0 Å². The van der Waals surface area contributed by atoms with Crippen molar-refractivity contribution >= 4 is 33.0 Å². The molecular weight excluding hydrogens is 444 g/mol. The van der Waals surface area contributed by atoms with E-state index in [1.54, 1.807) is 25.1 Å². The van der Waals surface area contributed by atoms with Gasteiger partial charge in [-0.3, -0.25) is 4.79 Å². The van der Waals surface area contributed by atoms with Crippen LogP contribution in [-0.2, 0) is 24.3 Å². The van der Waals surface area contributed by atoms with Crippen LogP contribution in [0.4, 0.5) is 17.1 Å². The summed E-state index contributed by atoms with van der Waals surface area (Å²) in [5.74, 6) is -0.215. The molecule has 9 nitrogen and oxygen atoms in total. The van der Waals surface area contributed by atoms with Gasteiger partial charge in [-0.1, -0.05) is 6.07 Å². The van der Waals surface area contributed by atoms with E-state index in [0.29, 0.717) is 43.2 Å². The normalized spacial score (nSPS) is 17.5. The molecule has 2 N–H and O–H groups in total. The monoisotopic (exact) mass is 474 g/mol. The standard InChI is InChI=1S/C23H30N4O5S/c1-18-2-3-20(16-22(18)33(29,30)27-10-14-32-15-11-27)24-17-23(28)25-19-4-6-21(7-5-19)26-8-12-31-13-9-26/h2-7,16,24H,8-15,17H2,1H3,(H,25,28). The maximum absolute atomic E-state index is 13.0. The lowest BCUT2D eigenvalue weighted by Crippen LogP contribution is -2.40. The van der Waals surface area contributed by atoms with Crippen molar-refractivity contribution in [1.82, 2.24) is 4.31 Å². The predicted molar refractivity (Wildman–Crippen MR) is 127 cm³/mol. The lowest BCUT2D eigenvalue weighted by atomic mass is 10.2. The van der Waals surface area contributed by atoms with Gasteiger partial charge in [-0.15, -0.1) is 0 Å². The van der Waals surface area contributed by atoms with Crippen molar-refractivity contribution < 1.29 is 22.7 Å². The number of sulfonamides is 1. The van der Waals surface area contributed by atoms with Gasteiger partial charge in [0.05, 0.1) is 37.9 Å². The van der Waals surface area contributed by atoms with Gasteiger partial charge in [0.15, 0.2) is 0 Å². The third-order valence-corrected chi connectivity index (χ3v) is 7.80. The van der Waals surface area contributed by atoms with Crippen molar-refractivity contribution in [2.24, 2.45) is 0 Å². The first-order chi connectivity index (χ1) is 15.9. The molecule has 2 fully saturated rings. The van der Waals surface area contributed by atoms with Crippen molar-refractivity contribution in [1.29, 1.82) is 0 Å². The summed E-state index contributed by atoms with van der Waals surface area (Å²) in [6.07, 6.45) is 0. The summed E-state index contributed by atoms with van der Waals surface area (Å²) in [5, 5.41) is 5.89. The first-order valence-corrected chi connectivity index (χ1v) is 12.5. The number of rotatable bonds is 7. The maximum atomic E-state index is 13.0. The van der Waals surface area contributed by atoms with Gasteiger partial charge in [-0.05, 0) is 48.9 Å². The van der Waals surface area contributed by atoms with Crippen LogP contribution in [0.2, 0.25) is 0 Å². The highest BCUT2D eigenvalue weighted by Gasteiger charge is 2.28. The smallest absolute Gasteiger partial charge is 0.243 e. The molecule has 0 saturated carbocycles. The summed E-state index contributed by atoms with van der Waals surface area (Å²) >= 11 is 0. The zero-order chi connectivity index (χ0) is 23.3. The summed E-state index contributed by atoms with van der Waals surface area (Å²) in [6, 6.07) is 12.8.